The van der Waals surface area contributed by atoms with Gasteiger partial charge in [-0.25, -0.2) is 9.55 Å². The zero-order valence-corrected chi connectivity index (χ0v) is 9.35. The van der Waals surface area contributed by atoms with Gasteiger partial charge in [-0.2, -0.15) is 0 Å². The Morgan fingerprint density at radius 2 is 2.06 bits per heavy atom. The summed E-state index contributed by atoms with van der Waals surface area (Å²) in [4.78, 5) is 4.01. The van der Waals surface area contributed by atoms with Crippen molar-refractivity contribution in [1.82, 2.24) is 4.98 Å². The Morgan fingerprint density at radius 1 is 1.25 bits per heavy atom. The summed E-state index contributed by atoms with van der Waals surface area (Å²) in [7, 11) is 0. The summed E-state index contributed by atoms with van der Waals surface area (Å²) >= 11 is 5.71. The summed E-state index contributed by atoms with van der Waals surface area (Å²) in [5, 5.41) is 0.481. The van der Waals surface area contributed by atoms with Crippen LogP contribution in [-0.4, -0.2) is 4.98 Å². The van der Waals surface area contributed by atoms with Crippen LogP contribution in [0, 0.1) is 0 Å². The Morgan fingerprint density at radius 3 is 2.75 bits per heavy atom. The zero-order chi connectivity index (χ0) is 11.5. The van der Waals surface area contributed by atoms with Crippen molar-refractivity contribution in [1.29, 1.82) is 0 Å². The first-order chi connectivity index (χ1) is 7.66. The van der Waals surface area contributed by atoms with Gasteiger partial charge in [-0.1, -0.05) is 17.7 Å². The van der Waals surface area contributed by atoms with Gasteiger partial charge in [0, 0.05) is 11.8 Å². The maximum atomic E-state index is 5.85. The van der Waals surface area contributed by atoms with Gasteiger partial charge in [0.05, 0.1) is 6.20 Å². The van der Waals surface area contributed by atoms with E-state index in [1.165, 1.54) is 0 Å². The Balaban J connectivity index is 2.27. The monoisotopic (exact) mass is 235 g/mol. The van der Waals surface area contributed by atoms with E-state index in [4.69, 9.17) is 23.1 Å². The van der Waals surface area contributed by atoms with Crippen molar-refractivity contribution in [2.45, 2.75) is 6.54 Å². The van der Waals surface area contributed by atoms with Gasteiger partial charge in [-0.15, -0.1) is 0 Å². The van der Waals surface area contributed by atoms with Crippen LogP contribution >= 0.6 is 11.6 Å². The van der Waals surface area contributed by atoms with Gasteiger partial charge < -0.3 is 5.73 Å². The van der Waals surface area contributed by atoms with E-state index in [0.717, 1.165) is 5.56 Å². The number of nitrogen functional groups attached to an aromatic ring is 2. The number of halogens is 1. The molecular weight excluding hydrogens is 224 g/mol. The summed E-state index contributed by atoms with van der Waals surface area (Å²) < 4.78 is 1.86. The predicted octanol–water partition coefficient (Wildman–Crippen LogP) is 1.24. The van der Waals surface area contributed by atoms with Gasteiger partial charge in [-0.05, 0) is 18.2 Å². The molecule has 16 heavy (non-hydrogen) atoms. The molecule has 2 rings (SSSR count). The number of pyridine rings is 2. The molecule has 0 saturated carbocycles. The second kappa shape index (κ2) is 4.37. The van der Waals surface area contributed by atoms with E-state index in [-0.39, 0.29) is 0 Å². The smallest absolute Gasteiger partial charge is 0.296 e. The lowest BCUT2D eigenvalue weighted by Crippen LogP contribution is -2.37. The van der Waals surface area contributed by atoms with E-state index >= 15 is 0 Å². The molecule has 0 saturated heterocycles. The summed E-state index contributed by atoms with van der Waals surface area (Å²) in [5.74, 6) is 0.553. The molecule has 0 amide bonds. The molecule has 0 unspecified atom stereocenters. The molecule has 0 aliphatic carbocycles. The van der Waals surface area contributed by atoms with E-state index in [1.807, 2.05) is 22.9 Å². The van der Waals surface area contributed by atoms with Crippen LogP contribution in [0.4, 0.5) is 11.5 Å². The van der Waals surface area contributed by atoms with E-state index in [0.29, 0.717) is 23.2 Å². The SMILES string of the molecule is Nc1ccc[n+](Cc2ccc(Cl)nc2)c1N. The lowest BCUT2D eigenvalue weighted by molar-refractivity contribution is -0.673. The first kappa shape index (κ1) is 10.7. The lowest BCUT2D eigenvalue weighted by atomic mass is 10.2. The molecule has 2 heterocycles. The largest absolute Gasteiger partial charge is 0.392 e. The highest BCUT2D eigenvalue weighted by molar-refractivity contribution is 6.29. The molecule has 0 spiro atoms. The molecule has 0 fully saturated rings. The van der Waals surface area contributed by atoms with E-state index in [1.54, 1.807) is 18.3 Å². The van der Waals surface area contributed by atoms with Crippen molar-refractivity contribution in [3.8, 4) is 0 Å². The zero-order valence-electron chi connectivity index (χ0n) is 8.60. The number of rotatable bonds is 2. The van der Waals surface area contributed by atoms with Crippen LogP contribution < -0.4 is 16.0 Å². The fourth-order valence-corrected chi connectivity index (χ4v) is 1.53. The molecule has 0 atom stereocenters. The Kier molecular flexibility index (Phi) is 2.92. The number of nitrogens with two attached hydrogens (primary N) is 2. The maximum absolute atomic E-state index is 5.85. The van der Waals surface area contributed by atoms with Gasteiger partial charge in [0.2, 0.25) is 0 Å². The summed E-state index contributed by atoms with van der Waals surface area (Å²) in [6.07, 6.45) is 3.60. The van der Waals surface area contributed by atoms with Crippen molar-refractivity contribution in [2.75, 3.05) is 11.5 Å². The highest BCUT2D eigenvalue weighted by Crippen LogP contribution is 2.09. The summed E-state index contributed by atoms with van der Waals surface area (Å²) in [6, 6.07) is 7.28. The molecule has 82 valence electrons. The Hall–Kier alpha value is -1.81. The van der Waals surface area contributed by atoms with Crippen LogP contribution in [0.3, 0.4) is 0 Å². The first-order valence-electron chi connectivity index (χ1n) is 4.80. The summed E-state index contributed by atoms with van der Waals surface area (Å²) in [5.41, 5.74) is 13.2. The number of anilines is 2. The molecule has 4 N–H and O–H groups in total. The average molecular weight is 236 g/mol. The number of hydrogen-bond donors (Lipinski definition) is 2. The number of nitrogens with zero attached hydrogens (tertiary/aromatic N) is 2. The van der Waals surface area contributed by atoms with Crippen LogP contribution in [0.1, 0.15) is 5.56 Å². The quantitative estimate of drug-likeness (QED) is 0.608. The number of aromatic nitrogens is 2. The van der Waals surface area contributed by atoms with Gasteiger partial charge >= 0.3 is 0 Å². The minimum atomic E-state index is 0.481. The molecule has 0 aliphatic rings. The molecule has 2 aromatic heterocycles. The number of hydrogen-bond acceptors (Lipinski definition) is 3. The lowest BCUT2D eigenvalue weighted by Gasteiger charge is -2.04. The second-order valence-electron chi connectivity index (χ2n) is 3.47. The maximum Gasteiger partial charge on any atom is 0.296 e. The predicted molar refractivity (Wildman–Crippen MR) is 63.8 cm³/mol. The minimum absolute atomic E-state index is 0.481. The molecule has 0 aliphatic heterocycles. The molecular formula is C11H12ClN4+. The topological polar surface area (TPSA) is 68.8 Å². The van der Waals surface area contributed by atoms with Gasteiger partial charge in [0.1, 0.15) is 17.4 Å². The Labute approximate surface area is 98.5 Å². The van der Waals surface area contributed by atoms with Crippen LogP contribution in [0.5, 0.6) is 0 Å². The molecule has 2 aromatic rings. The highest BCUT2D eigenvalue weighted by Gasteiger charge is 2.08. The van der Waals surface area contributed by atoms with Gasteiger partial charge in [0.25, 0.3) is 5.82 Å². The van der Waals surface area contributed by atoms with Gasteiger partial charge in [0.15, 0.2) is 0 Å². The van der Waals surface area contributed by atoms with Crippen LogP contribution in [-0.2, 0) is 6.54 Å². The fraction of sp³-hybridized carbons (Fsp3) is 0.0909. The average Bonchev–Trinajstić information content (AvgIpc) is 2.28. The van der Waals surface area contributed by atoms with Crippen molar-refractivity contribution < 1.29 is 4.57 Å². The van der Waals surface area contributed by atoms with Crippen molar-refractivity contribution in [3.63, 3.8) is 0 Å². The summed E-state index contributed by atoms with van der Waals surface area (Å²) in [6.45, 7) is 0.626. The third-order valence-corrected chi connectivity index (χ3v) is 2.51. The van der Waals surface area contributed by atoms with E-state index in [2.05, 4.69) is 4.98 Å². The molecule has 0 bridgehead atoms. The Bertz CT molecular complexity index is 496. The van der Waals surface area contributed by atoms with Crippen LogP contribution in [0.2, 0.25) is 5.15 Å². The van der Waals surface area contributed by atoms with Crippen LogP contribution in [0.15, 0.2) is 36.7 Å². The molecule has 5 heteroatoms. The van der Waals surface area contributed by atoms with Crippen molar-refractivity contribution in [3.05, 3.63) is 47.4 Å². The normalized spacial score (nSPS) is 10.3. The fourth-order valence-electron chi connectivity index (χ4n) is 1.42. The molecule has 0 aromatic carbocycles. The van der Waals surface area contributed by atoms with Crippen molar-refractivity contribution in [2.24, 2.45) is 0 Å². The van der Waals surface area contributed by atoms with Gasteiger partial charge in [-0.3, -0.25) is 5.73 Å². The van der Waals surface area contributed by atoms with Crippen molar-refractivity contribution >= 4 is 23.1 Å². The standard InChI is InChI=1S/C11H11ClN4/c12-10-4-3-8(6-15-10)7-16-5-1-2-9(13)11(16)14/h1-6,14H,7,13H2/p+1. The van der Waals surface area contributed by atoms with E-state index in [9.17, 15) is 0 Å². The highest BCUT2D eigenvalue weighted by atomic mass is 35.5. The third kappa shape index (κ3) is 2.23. The van der Waals surface area contributed by atoms with Crippen LogP contribution in [0.25, 0.3) is 0 Å². The third-order valence-electron chi connectivity index (χ3n) is 2.29. The molecule has 0 radical (unpaired) electrons. The molecule has 4 nitrogen and oxygen atoms in total. The first-order valence-corrected chi connectivity index (χ1v) is 5.18. The second-order valence-corrected chi connectivity index (χ2v) is 3.85. The van der Waals surface area contributed by atoms with E-state index < -0.39 is 0 Å². The minimum Gasteiger partial charge on any atom is -0.392 e.